The monoisotopic (exact) mass is 303 g/mol. The summed E-state index contributed by atoms with van der Waals surface area (Å²) in [6, 6.07) is 2.52. The van der Waals surface area contributed by atoms with E-state index in [-0.39, 0.29) is 0 Å². The third kappa shape index (κ3) is 3.22. The number of aromatic nitrogens is 3. The van der Waals surface area contributed by atoms with E-state index in [2.05, 4.69) is 25.9 Å². The third-order valence-corrected chi connectivity index (χ3v) is 4.61. The lowest BCUT2D eigenvalue weighted by atomic mass is 10.1. The zero-order chi connectivity index (χ0) is 14.8. The Morgan fingerprint density at radius 1 is 1.38 bits per heavy atom. The van der Waals surface area contributed by atoms with E-state index in [1.54, 1.807) is 11.3 Å². The standard InChI is InChI=1S/C15H21N5S/c1-11-17-13(7-15(18-11)19(2)3)14-5-4-6-20(14)9-12-8-16-10-21-12/h7-8,10,14H,4-6,9H2,1-3H3/t14-/m0/s1. The highest BCUT2D eigenvalue weighted by Gasteiger charge is 2.28. The minimum atomic E-state index is 0.396. The molecule has 0 spiro atoms. The summed E-state index contributed by atoms with van der Waals surface area (Å²) in [7, 11) is 4.05. The van der Waals surface area contributed by atoms with Gasteiger partial charge in [0.15, 0.2) is 0 Å². The lowest BCUT2D eigenvalue weighted by molar-refractivity contribution is 0.246. The highest BCUT2D eigenvalue weighted by atomic mass is 32.1. The highest BCUT2D eigenvalue weighted by Crippen LogP contribution is 2.33. The van der Waals surface area contributed by atoms with Crippen LogP contribution >= 0.6 is 11.3 Å². The van der Waals surface area contributed by atoms with Gasteiger partial charge in [0.25, 0.3) is 0 Å². The number of aryl methyl sites for hydroxylation is 1. The van der Waals surface area contributed by atoms with Crippen molar-refractivity contribution < 1.29 is 0 Å². The van der Waals surface area contributed by atoms with Crippen molar-refractivity contribution in [2.24, 2.45) is 0 Å². The van der Waals surface area contributed by atoms with Crippen molar-refractivity contribution in [1.82, 2.24) is 19.9 Å². The zero-order valence-corrected chi connectivity index (χ0v) is 13.6. The summed E-state index contributed by atoms with van der Waals surface area (Å²) in [6.45, 7) is 4.07. The number of rotatable bonds is 4. The van der Waals surface area contributed by atoms with Gasteiger partial charge in [-0.25, -0.2) is 9.97 Å². The minimum absolute atomic E-state index is 0.396. The van der Waals surface area contributed by atoms with Crippen LogP contribution in [0.1, 0.15) is 35.3 Å². The summed E-state index contributed by atoms with van der Waals surface area (Å²) in [4.78, 5) is 19.2. The van der Waals surface area contributed by atoms with Crippen molar-refractivity contribution in [3.63, 3.8) is 0 Å². The summed E-state index contributed by atoms with van der Waals surface area (Å²) in [6.07, 6.45) is 4.36. The first-order chi connectivity index (χ1) is 10.1. The minimum Gasteiger partial charge on any atom is -0.363 e. The van der Waals surface area contributed by atoms with Gasteiger partial charge in [0, 0.05) is 37.8 Å². The summed E-state index contributed by atoms with van der Waals surface area (Å²) >= 11 is 1.72. The number of hydrogen-bond acceptors (Lipinski definition) is 6. The van der Waals surface area contributed by atoms with Crippen LogP contribution in [0.2, 0.25) is 0 Å². The Labute approximate surface area is 129 Å². The van der Waals surface area contributed by atoms with Crippen molar-refractivity contribution in [3.05, 3.63) is 34.2 Å². The van der Waals surface area contributed by atoms with Crippen molar-refractivity contribution >= 4 is 17.2 Å². The van der Waals surface area contributed by atoms with Crippen LogP contribution in [-0.2, 0) is 6.54 Å². The van der Waals surface area contributed by atoms with E-state index in [0.29, 0.717) is 6.04 Å². The van der Waals surface area contributed by atoms with Gasteiger partial charge in [-0.2, -0.15) is 0 Å². The third-order valence-electron chi connectivity index (χ3n) is 3.85. The lowest BCUT2D eigenvalue weighted by Crippen LogP contribution is -2.24. The Kier molecular flexibility index (Phi) is 4.17. The maximum Gasteiger partial charge on any atom is 0.132 e. The second-order valence-electron chi connectivity index (χ2n) is 5.69. The molecule has 0 aromatic carbocycles. The highest BCUT2D eigenvalue weighted by molar-refractivity contribution is 7.09. The van der Waals surface area contributed by atoms with Gasteiger partial charge >= 0.3 is 0 Å². The van der Waals surface area contributed by atoms with E-state index in [1.807, 2.05) is 37.6 Å². The Bertz CT molecular complexity index is 596. The average molecular weight is 303 g/mol. The molecule has 1 fully saturated rings. The van der Waals surface area contributed by atoms with Crippen LogP contribution in [0.5, 0.6) is 0 Å². The largest absolute Gasteiger partial charge is 0.363 e. The molecule has 0 unspecified atom stereocenters. The molecule has 1 aliphatic heterocycles. The van der Waals surface area contributed by atoms with Gasteiger partial charge in [-0.05, 0) is 26.3 Å². The number of hydrogen-bond donors (Lipinski definition) is 0. The Balaban J connectivity index is 1.84. The predicted molar refractivity (Wildman–Crippen MR) is 85.6 cm³/mol. The quantitative estimate of drug-likeness (QED) is 0.869. The van der Waals surface area contributed by atoms with Crippen LogP contribution in [0.3, 0.4) is 0 Å². The molecule has 5 nitrogen and oxygen atoms in total. The van der Waals surface area contributed by atoms with Crippen LogP contribution in [-0.4, -0.2) is 40.5 Å². The molecule has 0 amide bonds. The maximum atomic E-state index is 4.69. The summed E-state index contributed by atoms with van der Waals surface area (Å²) in [5.74, 6) is 1.84. The van der Waals surface area contributed by atoms with Gasteiger partial charge in [0.05, 0.1) is 17.2 Å². The van der Waals surface area contributed by atoms with Crippen molar-refractivity contribution in [1.29, 1.82) is 0 Å². The number of nitrogens with zero attached hydrogens (tertiary/aromatic N) is 5. The molecule has 2 aromatic heterocycles. The predicted octanol–water partition coefficient (Wildman–Crippen LogP) is 2.64. The molecule has 0 N–H and O–H groups in total. The fourth-order valence-electron chi connectivity index (χ4n) is 2.84. The fourth-order valence-corrected chi connectivity index (χ4v) is 3.46. The molecule has 3 rings (SSSR count). The van der Waals surface area contributed by atoms with Gasteiger partial charge in [0.1, 0.15) is 11.6 Å². The normalized spacial score (nSPS) is 19.1. The van der Waals surface area contributed by atoms with Gasteiger partial charge < -0.3 is 4.90 Å². The fraction of sp³-hybridized carbons (Fsp3) is 0.533. The van der Waals surface area contributed by atoms with E-state index in [1.165, 1.54) is 17.7 Å². The Hall–Kier alpha value is -1.53. The van der Waals surface area contributed by atoms with Crippen molar-refractivity contribution in [2.45, 2.75) is 32.4 Å². The van der Waals surface area contributed by atoms with Gasteiger partial charge in [-0.3, -0.25) is 9.88 Å². The first-order valence-electron chi connectivity index (χ1n) is 7.28. The van der Waals surface area contributed by atoms with Crippen molar-refractivity contribution in [2.75, 3.05) is 25.5 Å². The zero-order valence-electron chi connectivity index (χ0n) is 12.8. The average Bonchev–Trinajstić information content (AvgIpc) is 3.10. The molecule has 0 aliphatic carbocycles. The molecule has 1 atom stereocenters. The summed E-state index contributed by atoms with van der Waals surface area (Å²) in [5, 5.41) is 0. The molecule has 0 bridgehead atoms. The van der Waals surface area contributed by atoms with E-state index in [4.69, 9.17) is 0 Å². The van der Waals surface area contributed by atoms with Crippen LogP contribution in [0, 0.1) is 6.92 Å². The number of likely N-dealkylation sites (tertiary alicyclic amines) is 1. The Morgan fingerprint density at radius 2 is 2.24 bits per heavy atom. The second kappa shape index (κ2) is 6.07. The van der Waals surface area contributed by atoms with Crippen LogP contribution in [0.15, 0.2) is 17.8 Å². The number of thiazole rings is 1. The molecule has 112 valence electrons. The van der Waals surface area contributed by atoms with E-state index in [9.17, 15) is 0 Å². The molecule has 21 heavy (non-hydrogen) atoms. The molecule has 3 heterocycles. The summed E-state index contributed by atoms with van der Waals surface area (Å²) in [5.41, 5.74) is 3.05. The molecule has 0 radical (unpaired) electrons. The topological polar surface area (TPSA) is 45.2 Å². The van der Waals surface area contributed by atoms with E-state index in [0.717, 1.165) is 30.4 Å². The first-order valence-corrected chi connectivity index (χ1v) is 8.16. The van der Waals surface area contributed by atoms with Crippen LogP contribution < -0.4 is 4.90 Å². The molecule has 1 aliphatic rings. The van der Waals surface area contributed by atoms with Gasteiger partial charge in [0.2, 0.25) is 0 Å². The summed E-state index contributed by atoms with van der Waals surface area (Å²) < 4.78 is 0. The van der Waals surface area contributed by atoms with E-state index >= 15 is 0 Å². The SMILES string of the molecule is Cc1nc([C@@H]2CCCN2Cc2cncs2)cc(N(C)C)n1. The second-order valence-corrected chi connectivity index (χ2v) is 6.66. The Morgan fingerprint density at radius 3 is 2.95 bits per heavy atom. The smallest absolute Gasteiger partial charge is 0.132 e. The molecular formula is C15H21N5S. The first kappa shape index (κ1) is 14.4. The molecule has 6 heteroatoms. The van der Waals surface area contributed by atoms with E-state index < -0.39 is 0 Å². The number of anilines is 1. The van der Waals surface area contributed by atoms with Gasteiger partial charge in [-0.1, -0.05) is 0 Å². The molecule has 1 saturated heterocycles. The molecule has 0 saturated carbocycles. The molecular weight excluding hydrogens is 282 g/mol. The lowest BCUT2D eigenvalue weighted by Gasteiger charge is -2.24. The van der Waals surface area contributed by atoms with Gasteiger partial charge in [-0.15, -0.1) is 11.3 Å². The van der Waals surface area contributed by atoms with Crippen molar-refractivity contribution in [3.8, 4) is 0 Å². The molecule has 2 aromatic rings. The maximum absolute atomic E-state index is 4.69. The van der Waals surface area contributed by atoms with Crippen LogP contribution in [0.25, 0.3) is 0 Å². The van der Waals surface area contributed by atoms with Crippen LogP contribution in [0.4, 0.5) is 5.82 Å².